The second kappa shape index (κ2) is 11.3. The summed E-state index contributed by atoms with van der Waals surface area (Å²) in [6.07, 6.45) is 4.35. The molecule has 4 N–H and O–H groups in total. The molecular weight excluding hydrogens is 468 g/mol. The first kappa shape index (κ1) is 26.0. The maximum Gasteiger partial charge on any atom is 0.210 e. The summed E-state index contributed by atoms with van der Waals surface area (Å²) in [6.45, 7) is 9.00. The number of amides is 1. The number of benzene rings is 1. The van der Waals surface area contributed by atoms with Crippen LogP contribution in [0.15, 0.2) is 36.7 Å². The standard InChI is InChI=1S/C27H34N8O2/c1-17-9-20(12-31-27(17)34-7-8-35(16-36)21(14-34)13-30-4)26(29)23-10-22(5-6-25(23)28)37-15-24-18(2)11-32-33-19(24)3/h5-6,9-12,16,21,29-30H,7-8,13-15,28H2,1-4H3. The Bertz CT molecular complexity index is 1280. The predicted octanol–water partition coefficient (Wildman–Crippen LogP) is 2.24. The highest BCUT2D eigenvalue weighted by Gasteiger charge is 2.27. The summed E-state index contributed by atoms with van der Waals surface area (Å²) in [6, 6.07) is 7.40. The fourth-order valence-electron chi connectivity index (χ4n) is 4.65. The molecule has 0 bridgehead atoms. The van der Waals surface area contributed by atoms with Crippen LogP contribution in [-0.2, 0) is 11.4 Å². The highest BCUT2D eigenvalue weighted by Crippen LogP contribution is 2.26. The molecule has 0 spiro atoms. The van der Waals surface area contributed by atoms with Gasteiger partial charge in [-0.3, -0.25) is 10.2 Å². The average molecular weight is 503 g/mol. The van der Waals surface area contributed by atoms with Gasteiger partial charge in [0.2, 0.25) is 6.41 Å². The van der Waals surface area contributed by atoms with Gasteiger partial charge in [-0.1, -0.05) is 0 Å². The highest BCUT2D eigenvalue weighted by molar-refractivity contribution is 6.14. The molecule has 0 aliphatic carbocycles. The Morgan fingerprint density at radius 3 is 2.73 bits per heavy atom. The third-order valence-corrected chi connectivity index (χ3v) is 6.79. The van der Waals surface area contributed by atoms with Crippen molar-refractivity contribution in [2.45, 2.75) is 33.4 Å². The number of nitrogens with one attached hydrogen (secondary N) is 2. The number of nitrogens with zero attached hydrogens (tertiary/aromatic N) is 5. The van der Waals surface area contributed by atoms with Crippen molar-refractivity contribution in [2.75, 3.05) is 43.9 Å². The molecule has 3 heterocycles. The van der Waals surface area contributed by atoms with Crippen molar-refractivity contribution < 1.29 is 9.53 Å². The van der Waals surface area contributed by atoms with Crippen molar-refractivity contribution >= 4 is 23.6 Å². The molecule has 1 saturated heterocycles. The number of hydrogen-bond donors (Lipinski definition) is 3. The SMILES string of the molecule is CNCC1CN(c2ncc(C(=N)c3cc(OCc4c(C)cnnc4C)ccc3N)cc2C)CCN1C=O. The number of ether oxygens (including phenoxy) is 1. The number of carbonyl (C=O) groups is 1. The van der Waals surface area contributed by atoms with Gasteiger partial charge < -0.3 is 25.6 Å². The van der Waals surface area contributed by atoms with E-state index >= 15 is 0 Å². The molecule has 4 rings (SSSR count). The summed E-state index contributed by atoms with van der Waals surface area (Å²) in [4.78, 5) is 20.2. The zero-order valence-electron chi connectivity index (χ0n) is 21.8. The topological polar surface area (TPSA) is 133 Å². The van der Waals surface area contributed by atoms with E-state index in [1.54, 1.807) is 30.6 Å². The third-order valence-electron chi connectivity index (χ3n) is 6.79. The molecule has 3 aromatic rings. The van der Waals surface area contributed by atoms with Gasteiger partial charge in [0.05, 0.1) is 23.6 Å². The van der Waals surface area contributed by atoms with E-state index in [-0.39, 0.29) is 11.8 Å². The van der Waals surface area contributed by atoms with Crippen LogP contribution in [0.3, 0.4) is 0 Å². The Kier molecular flexibility index (Phi) is 7.98. The Morgan fingerprint density at radius 2 is 2.03 bits per heavy atom. The molecule has 37 heavy (non-hydrogen) atoms. The van der Waals surface area contributed by atoms with E-state index in [1.165, 1.54) is 0 Å². The van der Waals surface area contributed by atoms with Crippen LogP contribution in [0.1, 0.15) is 33.5 Å². The minimum atomic E-state index is 0.0773. The van der Waals surface area contributed by atoms with Crippen LogP contribution in [0.25, 0.3) is 0 Å². The predicted molar refractivity (Wildman–Crippen MR) is 144 cm³/mol. The fourth-order valence-corrected chi connectivity index (χ4v) is 4.65. The molecule has 10 nitrogen and oxygen atoms in total. The monoisotopic (exact) mass is 502 g/mol. The van der Waals surface area contributed by atoms with Gasteiger partial charge in [0.15, 0.2) is 0 Å². The van der Waals surface area contributed by atoms with Gasteiger partial charge in [0.1, 0.15) is 18.2 Å². The van der Waals surface area contributed by atoms with E-state index < -0.39 is 0 Å². The molecule has 1 atom stereocenters. The van der Waals surface area contributed by atoms with Crippen LogP contribution < -0.4 is 20.7 Å². The summed E-state index contributed by atoms with van der Waals surface area (Å²) in [5, 5.41) is 20.1. The zero-order chi connectivity index (χ0) is 26.5. The van der Waals surface area contributed by atoms with Crippen molar-refractivity contribution in [3.8, 4) is 5.75 Å². The lowest BCUT2D eigenvalue weighted by atomic mass is 10.0. The molecule has 1 amide bonds. The number of aromatic nitrogens is 3. The summed E-state index contributed by atoms with van der Waals surface area (Å²) in [5.41, 5.74) is 12.1. The van der Waals surface area contributed by atoms with Crippen LogP contribution in [0.4, 0.5) is 11.5 Å². The number of likely N-dealkylation sites (N-methyl/N-ethyl adjacent to an activating group) is 1. The second-order valence-corrected chi connectivity index (χ2v) is 9.37. The summed E-state index contributed by atoms with van der Waals surface area (Å²) < 4.78 is 6.03. The minimum Gasteiger partial charge on any atom is -0.489 e. The Morgan fingerprint density at radius 1 is 1.22 bits per heavy atom. The molecule has 1 aromatic carbocycles. The van der Waals surface area contributed by atoms with Gasteiger partial charge in [0, 0.05) is 54.8 Å². The van der Waals surface area contributed by atoms with Gasteiger partial charge in [-0.15, -0.1) is 0 Å². The van der Waals surface area contributed by atoms with E-state index in [9.17, 15) is 4.79 Å². The molecule has 2 aromatic heterocycles. The van der Waals surface area contributed by atoms with Gasteiger partial charge in [-0.25, -0.2) is 4.98 Å². The molecule has 0 saturated carbocycles. The molecular formula is C27H34N8O2. The number of carbonyl (C=O) groups excluding carboxylic acids is 1. The summed E-state index contributed by atoms with van der Waals surface area (Å²) in [7, 11) is 1.88. The molecule has 1 unspecified atom stereocenters. The van der Waals surface area contributed by atoms with E-state index in [1.807, 2.05) is 38.8 Å². The summed E-state index contributed by atoms with van der Waals surface area (Å²) in [5.74, 6) is 1.49. The van der Waals surface area contributed by atoms with Crippen LogP contribution in [0.5, 0.6) is 5.75 Å². The van der Waals surface area contributed by atoms with Crippen molar-refractivity contribution in [3.05, 3.63) is 70.2 Å². The minimum absolute atomic E-state index is 0.0773. The molecule has 1 fully saturated rings. The van der Waals surface area contributed by atoms with Crippen LogP contribution >= 0.6 is 0 Å². The number of piperazine rings is 1. The van der Waals surface area contributed by atoms with E-state index in [2.05, 4.69) is 20.4 Å². The second-order valence-electron chi connectivity index (χ2n) is 9.37. The smallest absolute Gasteiger partial charge is 0.210 e. The largest absolute Gasteiger partial charge is 0.489 e. The first-order valence-electron chi connectivity index (χ1n) is 12.3. The highest BCUT2D eigenvalue weighted by atomic mass is 16.5. The van der Waals surface area contributed by atoms with Crippen molar-refractivity contribution in [3.63, 3.8) is 0 Å². The van der Waals surface area contributed by atoms with Gasteiger partial charge in [-0.2, -0.15) is 10.2 Å². The lowest BCUT2D eigenvalue weighted by molar-refractivity contribution is -0.120. The number of anilines is 2. The first-order valence-corrected chi connectivity index (χ1v) is 12.3. The number of nitrogen functional groups attached to an aromatic ring is 1. The average Bonchev–Trinajstić information content (AvgIpc) is 2.89. The summed E-state index contributed by atoms with van der Waals surface area (Å²) >= 11 is 0. The van der Waals surface area contributed by atoms with Gasteiger partial charge >= 0.3 is 0 Å². The number of hydrogen-bond acceptors (Lipinski definition) is 9. The van der Waals surface area contributed by atoms with E-state index in [0.717, 1.165) is 34.6 Å². The van der Waals surface area contributed by atoms with Gasteiger partial charge in [0.25, 0.3) is 0 Å². The Balaban J connectivity index is 1.51. The van der Waals surface area contributed by atoms with E-state index in [4.69, 9.17) is 20.9 Å². The number of aryl methyl sites for hydroxylation is 3. The lowest BCUT2D eigenvalue weighted by Gasteiger charge is -2.40. The van der Waals surface area contributed by atoms with Crippen LogP contribution in [-0.4, -0.2) is 71.5 Å². The maximum atomic E-state index is 11.4. The number of rotatable bonds is 9. The third kappa shape index (κ3) is 5.69. The first-order chi connectivity index (χ1) is 17.8. The van der Waals surface area contributed by atoms with Crippen LogP contribution in [0, 0.1) is 26.2 Å². The number of nitrogens with two attached hydrogens (primary N) is 1. The maximum absolute atomic E-state index is 11.4. The molecule has 1 aliphatic rings. The van der Waals surface area contributed by atoms with Gasteiger partial charge in [-0.05, 0) is 63.2 Å². The molecule has 0 radical (unpaired) electrons. The molecule has 1 aliphatic heterocycles. The fraction of sp³-hybridized carbons (Fsp3) is 0.370. The normalized spacial score (nSPS) is 15.5. The Labute approximate surface area is 217 Å². The zero-order valence-corrected chi connectivity index (χ0v) is 21.8. The number of pyridine rings is 1. The molecule has 194 valence electrons. The van der Waals surface area contributed by atoms with Crippen molar-refractivity contribution in [1.29, 1.82) is 5.41 Å². The molecule has 10 heteroatoms. The quantitative estimate of drug-likeness (QED) is 0.230. The lowest BCUT2D eigenvalue weighted by Crippen LogP contribution is -2.56. The van der Waals surface area contributed by atoms with E-state index in [0.29, 0.717) is 55.3 Å². The van der Waals surface area contributed by atoms with Crippen molar-refractivity contribution in [1.82, 2.24) is 25.4 Å². The Hall–Kier alpha value is -4.05. The van der Waals surface area contributed by atoms with Crippen molar-refractivity contribution in [2.24, 2.45) is 0 Å². The van der Waals surface area contributed by atoms with Crippen LogP contribution in [0.2, 0.25) is 0 Å².